The van der Waals surface area contributed by atoms with E-state index in [1.54, 1.807) is 7.11 Å². The summed E-state index contributed by atoms with van der Waals surface area (Å²) in [6.45, 7) is 4.81. The fourth-order valence-electron chi connectivity index (χ4n) is 2.34. The molecule has 1 saturated heterocycles. The van der Waals surface area contributed by atoms with Crippen molar-refractivity contribution in [3.63, 3.8) is 0 Å². The van der Waals surface area contributed by atoms with Crippen LogP contribution in [0.4, 0.5) is 0 Å². The molecule has 1 fully saturated rings. The molecular formula is C13H22N4O. The molecule has 5 heteroatoms. The number of hydrogen-bond donors (Lipinski definition) is 1. The van der Waals surface area contributed by atoms with E-state index in [0.29, 0.717) is 18.5 Å². The standard InChI is InChI=1S/C13H22N4O/c1-16-5-6-17(12(7-14)10-16)9-11-3-4-13(18-2)15-8-11/h3-4,8,12H,5-7,9-10,14H2,1-2H3. The second-order valence-corrected chi connectivity index (χ2v) is 4.83. The van der Waals surface area contributed by atoms with Crippen LogP contribution in [0.1, 0.15) is 5.56 Å². The lowest BCUT2D eigenvalue weighted by Crippen LogP contribution is -2.54. The smallest absolute Gasteiger partial charge is 0.212 e. The van der Waals surface area contributed by atoms with Crippen molar-refractivity contribution in [1.82, 2.24) is 14.8 Å². The Bertz CT molecular complexity index is 368. The SMILES string of the molecule is COc1ccc(CN2CCN(C)CC2CN)cn1. The molecule has 2 heterocycles. The van der Waals surface area contributed by atoms with Gasteiger partial charge in [-0.15, -0.1) is 0 Å². The van der Waals surface area contributed by atoms with E-state index in [2.05, 4.69) is 27.9 Å². The number of rotatable bonds is 4. The van der Waals surface area contributed by atoms with Crippen LogP contribution in [0.15, 0.2) is 18.3 Å². The molecule has 0 bridgehead atoms. The zero-order valence-electron chi connectivity index (χ0n) is 11.2. The summed E-state index contributed by atoms with van der Waals surface area (Å²) in [6, 6.07) is 4.41. The lowest BCUT2D eigenvalue weighted by molar-refractivity contribution is 0.0880. The van der Waals surface area contributed by atoms with Gasteiger partial charge in [-0.1, -0.05) is 6.07 Å². The van der Waals surface area contributed by atoms with Gasteiger partial charge >= 0.3 is 0 Å². The van der Waals surface area contributed by atoms with Crippen LogP contribution in [0.5, 0.6) is 5.88 Å². The summed E-state index contributed by atoms with van der Waals surface area (Å²) >= 11 is 0. The lowest BCUT2D eigenvalue weighted by Gasteiger charge is -2.39. The first kappa shape index (κ1) is 13.3. The first-order chi connectivity index (χ1) is 8.72. The molecule has 1 aromatic heterocycles. The number of hydrogen-bond acceptors (Lipinski definition) is 5. The zero-order valence-corrected chi connectivity index (χ0v) is 11.2. The van der Waals surface area contributed by atoms with Crippen molar-refractivity contribution in [3.05, 3.63) is 23.9 Å². The van der Waals surface area contributed by atoms with Crippen molar-refractivity contribution in [2.45, 2.75) is 12.6 Å². The number of nitrogens with two attached hydrogens (primary N) is 1. The number of methoxy groups -OCH3 is 1. The van der Waals surface area contributed by atoms with Gasteiger partial charge in [0.05, 0.1) is 7.11 Å². The van der Waals surface area contributed by atoms with Gasteiger partial charge in [0.2, 0.25) is 5.88 Å². The molecule has 18 heavy (non-hydrogen) atoms. The highest BCUT2D eigenvalue weighted by atomic mass is 16.5. The van der Waals surface area contributed by atoms with E-state index in [-0.39, 0.29) is 0 Å². The van der Waals surface area contributed by atoms with E-state index in [9.17, 15) is 0 Å². The van der Waals surface area contributed by atoms with E-state index < -0.39 is 0 Å². The Labute approximate surface area is 109 Å². The summed E-state index contributed by atoms with van der Waals surface area (Å²) in [4.78, 5) is 9.01. The predicted molar refractivity (Wildman–Crippen MR) is 71.5 cm³/mol. The topological polar surface area (TPSA) is 54.6 Å². The maximum atomic E-state index is 5.85. The van der Waals surface area contributed by atoms with Gasteiger partial charge < -0.3 is 15.4 Å². The van der Waals surface area contributed by atoms with Crippen molar-refractivity contribution in [1.29, 1.82) is 0 Å². The van der Waals surface area contributed by atoms with Crippen LogP contribution in [0.2, 0.25) is 0 Å². The van der Waals surface area contributed by atoms with Gasteiger partial charge in [-0.25, -0.2) is 4.98 Å². The van der Waals surface area contributed by atoms with Gasteiger partial charge in [0.25, 0.3) is 0 Å². The summed E-state index contributed by atoms with van der Waals surface area (Å²) in [6.07, 6.45) is 1.88. The van der Waals surface area contributed by atoms with E-state index in [4.69, 9.17) is 10.5 Å². The first-order valence-electron chi connectivity index (χ1n) is 6.34. The molecule has 0 radical (unpaired) electrons. The zero-order chi connectivity index (χ0) is 13.0. The Kier molecular flexibility index (Phi) is 4.52. The predicted octanol–water partition coefficient (Wildman–Crippen LogP) is 0.165. The van der Waals surface area contributed by atoms with Crippen LogP contribution < -0.4 is 10.5 Å². The second kappa shape index (κ2) is 6.13. The minimum Gasteiger partial charge on any atom is -0.481 e. The lowest BCUT2D eigenvalue weighted by atomic mass is 10.1. The minimum atomic E-state index is 0.436. The van der Waals surface area contributed by atoms with Crippen molar-refractivity contribution < 1.29 is 4.74 Å². The molecule has 0 aromatic carbocycles. The molecule has 0 spiro atoms. The highest BCUT2D eigenvalue weighted by Crippen LogP contribution is 2.14. The molecule has 0 amide bonds. The van der Waals surface area contributed by atoms with Crippen molar-refractivity contribution >= 4 is 0 Å². The normalized spacial score (nSPS) is 22.1. The number of ether oxygens (including phenoxy) is 1. The molecule has 1 aliphatic rings. The van der Waals surface area contributed by atoms with Gasteiger partial charge in [-0.3, -0.25) is 4.90 Å². The van der Waals surface area contributed by atoms with Gasteiger partial charge in [-0.2, -0.15) is 0 Å². The third-order valence-corrected chi connectivity index (χ3v) is 3.47. The average Bonchev–Trinajstić information content (AvgIpc) is 2.41. The largest absolute Gasteiger partial charge is 0.481 e. The molecule has 1 atom stereocenters. The second-order valence-electron chi connectivity index (χ2n) is 4.83. The number of nitrogens with zero attached hydrogens (tertiary/aromatic N) is 3. The van der Waals surface area contributed by atoms with E-state index in [0.717, 1.165) is 26.2 Å². The molecule has 2 N–H and O–H groups in total. The molecule has 0 aliphatic carbocycles. The van der Waals surface area contributed by atoms with Gasteiger partial charge in [0, 0.05) is 51.0 Å². The van der Waals surface area contributed by atoms with Crippen LogP contribution in [-0.2, 0) is 6.54 Å². The molecule has 100 valence electrons. The number of piperazine rings is 1. The van der Waals surface area contributed by atoms with Gasteiger partial charge in [0.1, 0.15) is 0 Å². The third kappa shape index (κ3) is 3.19. The maximum Gasteiger partial charge on any atom is 0.212 e. The average molecular weight is 250 g/mol. The Balaban J connectivity index is 1.98. The van der Waals surface area contributed by atoms with Crippen LogP contribution in [0.25, 0.3) is 0 Å². The Morgan fingerprint density at radius 3 is 2.89 bits per heavy atom. The highest BCUT2D eigenvalue weighted by molar-refractivity contribution is 5.17. The van der Waals surface area contributed by atoms with Crippen molar-refractivity contribution in [2.24, 2.45) is 5.73 Å². The van der Waals surface area contributed by atoms with Crippen LogP contribution in [0.3, 0.4) is 0 Å². The van der Waals surface area contributed by atoms with Crippen molar-refractivity contribution in [2.75, 3.05) is 40.3 Å². The molecule has 1 aliphatic heterocycles. The van der Waals surface area contributed by atoms with Crippen LogP contribution in [0, 0.1) is 0 Å². The monoisotopic (exact) mass is 250 g/mol. The summed E-state index contributed by atoms with van der Waals surface area (Å²) in [7, 11) is 3.78. The minimum absolute atomic E-state index is 0.436. The maximum absolute atomic E-state index is 5.85. The molecule has 2 rings (SSSR count). The molecular weight excluding hydrogens is 228 g/mol. The number of pyridine rings is 1. The van der Waals surface area contributed by atoms with E-state index >= 15 is 0 Å². The fraction of sp³-hybridized carbons (Fsp3) is 0.615. The molecule has 1 aromatic rings. The van der Waals surface area contributed by atoms with E-state index in [1.807, 2.05) is 12.3 Å². The highest BCUT2D eigenvalue weighted by Gasteiger charge is 2.23. The van der Waals surface area contributed by atoms with Gasteiger partial charge in [0.15, 0.2) is 0 Å². The molecule has 5 nitrogen and oxygen atoms in total. The molecule has 0 saturated carbocycles. The number of aromatic nitrogens is 1. The summed E-state index contributed by atoms with van der Waals surface area (Å²) in [5, 5.41) is 0. The summed E-state index contributed by atoms with van der Waals surface area (Å²) < 4.78 is 5.06. The Morgan fingerprint density at radius 1 is 1.44 bits per heavy atom. The summed E-state index contributed by atoms with van der Waals surface area (Å²) in [5.41, 5.74) is 7.06. The third-order valence-electron chi connectivity index (χ3n) is 3.47. The first-order valence-corrected chi connectivity index (χ1v) is 6.34. The Hall–Kier alpha value is -1.17. The van der Waals surface area contributed by atoms with Crippen molar-refractivity contribution in [3.8, 4) is 5.88 Å². The fourth-order valence-corrected chi connectivity index (χ4v) is 2.34. The van der Waals surface area contributed by atoms with Crippen LogP contribution in [-0.4, -0.2) is 61.2 Å². The van der Waals surface area contributed by atoms with Crippen LogP contribution >= 0.6 is 0 Å². The quantitative estimate of drug-likeness (QED) is 0.825. The molecule has 1 unspecified atom stereocenters. The number of likely N-dealkylation sites (N-methyl/N-ethyl adjacent to an activating group) is 1. The van der Waals surface area contributed by atoms with E-state index in [1.165, 1.54) is 5.56 Å². The summed E-state index contributed by atoms with van der Waals surface area (Å²) in [5.74, 6) is 0.660. The Morgan fingerprint density at radius 2 is 2.28 bits per heavy atom. The van der Waals surface area contributed by atoms with Gasteiger partial charge in [-0.05, 0) is 12.6 Å².